The fraction of sp³-hybridized carbons (Fsp3) is 0.0462. The second kappa shape index (κ2) is 17.3. The van der Waals surface area contributed by atoms with Crippen LogP contribution in [0.15, 0.2) is 231 Å². The minimum Gasteiger partial charge on any atom is -0.405 e. The van der Waals surface area contributed by atoms with Gasteiger partial charge >= 0.3 is 31.1 Å². The Kier molecular flexibility index (Phi) is 10.5. The van der Waals surface area contributed by atoms with Gasteiger partial charge in [-0.05, 0) is 84.9 Å². The molecule has 14 rings (SSSR count). The zero-order chi connectivity index (χ0) is 47.2. The van der Waals surface area contributed by atoms with E-state index >= 15 is 0 Å². The van der Waals surface area contributed by atoms with Gasteiger partial charge in [0.05, 0.1) is 28.5 Å². The molecule has 5 aromatic heterocycles. The minimum atomic E-state index is -0.765. The van der Waals surface area contributed by atoms with E-state index in [0.717, 1.165) is 83.7 Å². The number of para-hydroxylation sites is 5. The Morgan fingerprint density at radius 3 is 1.54 bits per heavy atom. The van der Waals surface area contributed by atoms with Crippen molar-refractivity contribution < 1.29 is 31.1 Å². The van der Waals surface area contributed by atoms with Crippen LogP contribution in [0.3, 0.4) is 0 Å². The average Bonchev–Trinajstić information content (AvgIpc) is 4.15. The van der Waals surface area contributed by atoms with E-state index in [1.807, 2.05) is 30.6 Å². The molecule has 0 radical (unpaired) electrons. The van der Waals surface area contributed by atoms with Crippen molar-refractivity contribution in [3.8, 4) is 28.2 Å². The smallest absolute Gasteiger partial charge is 0.405 e. The van der Waals surface area contributed by atoms with E-state index in [2.05, 4.69) is 227 Å². The molecule has 8 aromatic carbocycles. The summed E-state index contributed by atoms with van der Waals surface area (Å²) in [7, 11) is 0. The van der Waals surface area contributed by atoms with E-state index in [1.165, 1.54) is 37.8 Å². The van der Waals surface area contributed by atoms with Gasteiger partial charge in [-0.25, -0.2) is 0 Å². The van der Waals surface area contributed by atoms with Gasteiger partial charge < -0.3 is 19.4 Å². The van der Waals surface area contributed by atoms with Gasteiger partial charge in [-0.3, -0.25) is 9.97 Å². The maximum absolute atomic E-state index is 6.05. The van der Waals surface area contributed by atoms with E-state index in [4.69, 9.17) is 15.7 Å². The summed E-state index contributed by atoms with van der Waals surface area (Å²) in [5.74, 6) is 0. The van der Waals surface area contributed by atoms with Crippen molar-refractivity contribution in [2.45, 2.75) is 18.4 Å². The van der Waals surface area contributed by atoms with Gasteiger partial charge in [-0.1, -0.05) is 127 Å². The van der Waals surface area contributed by atoms with Crippen LogP contribution in [0.1, 0.15) is 35.2 Å². The molecule has 13 aromatic rings. The third-order valence-corrected chi connectivity index (χ3v) is 15.0. The Labute approximate surface area is 440 Å². The quantitative estimate of drug-likeness (QED) is 0.122. The van der Waals surface area contributed by atoms with Crippen molar-refractivity contribution in [1.29, 1.82) is 0 Å². The number of hydrogen-bond acceptors (Lipinski definition) is 3. The van der Waals surface area contributed by atoms with Crippen LogP contribution in [0, 0.1) is 43.2 Å². The Bertz CT molecular complexity index is 4170. The number of rotatable bonds is 8. The van der Waals surface area contributed by atoms with Crippen LogP contribution in [-0.2, 0) is 5.41 Å². The molecule has 0 bridgehead atoms. The molecule has 0 saturated heterocycles. The summed E-state index contributed by atoms with van der Waals surface area (Å²) < 4.78 is 7.22. The van der Waals surface area contributed by atoms with Crippen LogP contribution in [0.5, 0.6) is 0 Å². The number of benzene rings is 8. The zero-order valence-electron chi connectivity index (χ0n) is 39.3. The van der Waals surface area contributed by atoms with Crippen LogP contribution < -0.4 is 5.73 Å². The molecule has 2 N–H and O–H groups in total. The van der Waals surface area contributed by atoms with Crippen LogP contribution in [-0.4, -0.2) is 23.7 Å². The largest absolute Gasteiger partial charge is 2.00 e. The zero-order valence-corrected chi connectivity index (χ0v) is 43.5. The standard InChI is InChI=1S/C65H44N6.U/c1-42(56(27-12-38-66)71-60-25-10-4-17-50(60)51-18-5-11-26-61(51)71)69-57-22-7-6-19-52(57)53-41-44(30-37-62(53)69)43-28-31-45(32-29-43)65(54-20-13-39-67-63(54)64-55(65)21-14-40-68-64)46-33-35-47(36-34-46)70-58-23-8-2-15-48(58)49-16-3-9-24-59(49)70;/h2-31,33,35-42H,66H2,1H3;/q-2;+2/b38-12-,56-27+;. The first-order valence-electron chi connectivity index (χ1n) is 24.2. The number of allylic oxidation sites excluding steroid dienone is 3. The van der Waals surface area contributed by atoms with Gasteiger partial charge in [0.15, 0.2) is 0 Å². The van der Waals surface area contributed by atoms with E-state index in [9.17, 15) is 0 Å². The molecule has 1 aliphatic carbocycles. The van der Waals surface area contributed by atoms with Crippen molar-refractivity contribution >= 4 is 71.1 Å². The topological polar surface area (TPSA) is 66.6 Å². The molecule has 0 fully saturated rings. The van der Waals surface area contributed by atoms with Crippen molar-refractivity contribution in [1.82, 2.24) is 23.7 Å². The number of nitrogens with two attached hydrogens (primary N) is 1. The number of aromatic nitrogens is 5. The normalized spacial score (nSPS) is 13.7. The maximum Gasteiger partial charge on any atom is 2.00 e. The fourth-order valence-electron chi connectivity index (χ4n) is 12.0. The molecule has 338 valence electrons. The predicted octanol–water partition coefficient (Wildman–Crippen LogP) is 15.0. The average molecular weight is 1150 g/mol. The molecule has 0 saturated carbocycles. The first-order chi connectivity index (χ1) is 35.1. The Morgan fingerprint density at radius 2 is 1.00 bits per heavy atom. The van der Waals surface area contributed by atoms with Crippen LogP contribution in [0.25, 0.3) is 99.3 Å². The molecular formula is C65H44N6U. The van der Waals surface area contributed by atoms with Crippen LogP contribution >= 0.6 is 0 Å². The molecule has 1 aliphatic rings. The molecule has 0 spiro atoms. The first-order valence-corrected chi connectivity index (χ1v) is 24.2. The molecule has 0 aliphatic heterocycles. The summed E-state index contributed by atoms with van der Waals surface area (Å²) in [6, 6.07) is 79.5. The summed E-state index contributed by atoms with van der Waals surface area (Å²) in [4.78, 5) is 9.93. The van der Waals surface area contributed by atoms with E-state index < -0.39 is 5.41 Å². The fourth-order valence-corrected chi connectivity index (χ4v) is 12.0. The summed E-state index contributed by atoms with van der Waals surface area (Å²) >= 11 is 0. The van der Waals surface area contributed by atoms with Gasteiger partial charge in [-0.2, -0.15) is 42.5 Å². The second-order valence-corrected chi connectivity index (χ2v) is 18.5. The minimum absolute atomic E-state index is 0. The van der Waals surface area contributed by atoms with Crippen molar-refractivity contribution in [3.63, 3.8) is 0 Å². The molecule has 1 unspecified atom stereocenters. The summed E-state index contributed by atoms with van der Waals surface area (Å²) in [5, 5.41) is 7.29. The molecule has 0 amide bonds. The van der Waals surface area contributed by atoms with E-state index in [1.54, 1.807) is 6.20 Å². The molecule has 72 heavy (non-hydrogen) atoms. The monoisotopic (exact) mass is 1150 g/mol. The summed E-state index contributed by atoms with van der Waals surface area (Å²) in [6.45, 7) is 2.29. The number of nitrogens with zero attached hydrogens (tertiary/aromatic N) is 5. The SMILES string of the molecule is CC(/C(=C\C=C/N)n1c2ccccc2c2ccccc21)n1c2ccccc2c2cc(-c3c[c-]c(C4(c5[c-]cc(-n6c7ccccc7c7ccccc76)cc5)c5cccnc5-c5ncccc54)cc3)ccc21.[U+2]. The maximum atomic E-state index is 6.05. The van der Waals surface area contributed by atoms with E-state index in [-0.39, 0.29) is 37.2 Å². The Balaban J connectivity index is 0.00000504. The van der Waals surface area contributed by atoms with Crippen molar-refractivity contribution in [2.75, 3.05) is 0 Å². The van der Waals surface area contributed by atoms with Crippen molar-refractivity contribution in [2.24, 2.45) is 5.73 Å². The Hall–Kier alpha value is -8.21. The molecule has 7 heteroatoms. The van der Waals surface area contributed by atoms with Gasteiger partial charge in [-0.15, -0.1) is 22.8 Å². The van der Waals surface area contributed by atoms with Crippen molar-refractivity contribution in [3.05, 3.63) is 265 Å². The number of fused-ring (bicyclic) bond motifs is 12. The number of hydrogen-bond donors (Lipinski definition) is 1. The number of pyridine rings is 2. The molecule has 5 heterocycles. The van der Waals surface area contributed by atoms with E-state index in [0.29, 0.717) is 0 Å². The first kappa shape index (κ1) is 43.8. The van der Waals surface area contributed by atoms with Gasteiger partial charge in [0.1, 0.15) is 0 Å². The van der Waals surface area contributed by atoms with Gasteiger partial charge in [0.25, 0.3) is 0 Å². The van der Waals surface area contributed by atoms with Crippen LogP contribution in [0.2, 0.25) is 0 Å². The molecule has 6 nitrogen and oxygen atoms in total. The van der Waals surface area contributed by atoms with Crippen LogP contribution in [0.4, 0.5) is 0 Å². The summed E-state index contributed by atoms with van der Waals surface area (Å²) in [5.41, 5.74) is 22.5. The van der Waals surface area contributed by atoms with Gasteiger partial charge in [0, 0.05) is 77.9 Å². The third kappa shape index (κ3) is 6.34. The molecular weight excluding hydrogens is 1100 g/mol. The summed E-state index contributed by atoms with van der Waals surface area (Å²) in [6.07, 6.45) is 9.45. The molecule has 1 atom stereocenters. The second-order valence-electron chi connectivity index (χ2n) is 18.5. The predicted molar refractivity (Wildman–Crippen MR) is 292 cm³/mol. The Morgan fingerprint density at radius 1 is 0.514 bits per heavy atom. The third-order valence-electron chi connectivity index (χ3n) is 15.0. The van der Waals surface area contributed by atoms with Gasteiger partial charge in [0.2, 0.25) is 0 Å².